The zero-order valence-electron chi connectivity index (χ0n) is 8.52. The quantitative estimate of drug-likeness (QED) is 0.791. The molecule has 1 atom stereocenters. The van der Waals surface area contributed by atoms with Crippen molar-refractivity contribution in [3.05, 3.63) is 30.1 Å². The molecule has 0 amide bonds. The number of nitrogens with zero attached hydrogens (tertiary/aromatic N) is 1. The van der Waals surface area contributed by atoms with Crippen LogP contribution in [-0.2, 0) is 11.3 Å². The van der Waals surface area contributed by atoms with Crippen LogP contribution in [0.3, 0.4) is 0 Å². The van der Waals surface area contributed by atoms with Crippen molar-refractivity contribution in [2.24, 2.45) is 0 Å². The Labute approximate surface area is 91.3 Å². The minimum Gasteiger partial charge on any atom is -0.289 e. The molecule has 1 rings (SSSR count). The number of anilines is 1. The summed E-state index contributed by atoms with van der Waals surface area (Å²) in [6.07, 6.45) is 1.76. The Morgan fingerprint density at radius 1 is 1.40 bits per heavy atom. The van der Waals surface area contributed by atoms with Crippen LogP contribution in [0, 0.1) is 5.82 Å². The third-order valence-corrected chi connectivity index (χ3v) is 2.79. The van der Waals surface area contributed by atoms with E-state index in [0.29, 0.717) is 12.2 Å². The fourth-order valence-corrected chi connectivity index (χ4v) is 1.79. The third-order valence-electron chi connectivity index (χ3n) is 2.02. The van der Waals surface area contributed by atoms with E-state index in [-0.39, 0.29) is 5.82 Å². The normalized spacial score (nSPS) is 12.5. The second-order valence-corrected chi connectivity index (χ2v) is 4.07. The second-order valence-electron chi connectivity index (χ2n) is 3.16. The summed E-state index contributed by atoms with van der Waals surface area (Å²) in [5, 5.41) is 0. The van der Waals surface area contributed by atoms with Gasteiger partial charge in [0, 0.05) is 6.54 Å². The number of benzene rings is 1. The highest BCUT2D eigenvalue weighted by atomic mass is 32.2. The first-order valence-electron chi connectivity index (χ1n) is 4.79. The highest BCUT2D eigenvalue weighted by Crippen LogP contribution is 2.16. The highest BCUT2D eigenvalue weighted by Gasteiger charge is 2.10. The number of hydrogen-bond donors (Lipinski definition) is 1. The lowest BCUT2D eigenvalue weighted by molar-refractivity contribution is 0.557. The molecule has 0 radical (unpaired) electrons. The summed E-state index contributed by atoms with van der Waals surface area (Å²) in [7, 11) is 0. The summed E-state index contributed by atoms with van der Waals surface area (Å²) in [4.78, 5) is 0. The van der Waals surface area contributed by atoms with Gasteiger partial charge in [0.05, 0.1) is 5.69 Å². The zero-order chi connectivity index (χ0) is 11.3. The topological polar surface area (TPSA) is 40.5 Å². The van der Waals surface area contributed by atoms with E-state index in [9.17, 15) is 8.60 Å². The Balaban J connectivity index is 2.79. The van der Waals surface area contributed by atoms with Crippen LogP contribution in [-0.4, -0.2) is 15.3 Å². The molecule has 0 saturated carbocycles. The molecule has 0 heterocycles. The lowest BCUT2D eigenvalue weighted by Gasteiger charge is -2.19. The summed E-state index contributed by atoms with van der Waals surface area (Å²) < 4.78 is 34.1. The van der Waals surface area contributed by atoms with Crippen LogP contribution in [0.5, 0.6) is 0 Å². The van der Waals surface area contributed by atoms with Crippen LogP contribution in [0.2, 0.25) is 0 Å². The lowest BCUT2D eigenvalue weighted by Crippen LogP contribution is -2.26. The van der Waals surface area contributed by atoms with E-state index in [4.69, 9.17) is 4.55 Å². The van der Waals surface area contributed by atoms with Gasteiger partial charge in [0.1, 0.15) is 5.82 Å². The van der Waals surface area contributed by atoms with Crippen molar-refractivity contribution in [3.8, 4) is 0 Å². The van der Waals surface area contributed by atoms with Crippen LogP contribution >= 0.6 is 0 Å². The Hall–Kier alpha value is -0.940. The summed E-state index contributed by atoms with van der Waals surface area (Å²) >= 11 is -2.05. The van der Waals surface area contributed by atoms with Gasteiger partial charge in [0.2, 0.25) is 0 Å². The molecule has 0 saturated heterocycles. The molecule has 5 heteroatoms. The molecule has 0 aliphatic heterocycles. The zero-order valence-corrected chi connectivity index (χ0v) is 9.34. The molecule has 1 unspecified atom stereocenters. The largest absolute Gasteiger partial charge is 0.289 e. The maximum atomic E-state index is 12.6. The third kappa shape index (κ3) is 3.60. The molecule has 0 aromatic heterocycles. The predicted molar refractivity (Wildman–Crippen MR) is 59.4 cm³/mol. The van der Waals surface area contributed by atoms with Crippen LogP contribution in [0.4, 0.5) is 10.1 Å². The highest BCUT2D eigenvalue weighted by molar-refractivity contribution is 7.80. The molecule has 15 heavy (non-hydrogen) atoms. The number of unbranched alkanes of at least 4 members (excludes halogenated alkanes) is 1. The Morgan fingerprint density at radius 3 is 2.47 bits per heavy atom. The van der Waals surface area contributed by atoms with Gasteiger partial charge in [-0.15, -0.1) is 0 Å². The minimum atomic E-state index is -2.05. The van der Waals surface area contributed by atoms with Gasteiger partial charge >= 0.3 is 0 Å². The molecule has 1 N–H and O–H groups in total. The Bertz CT molecular complexity index is 329. The summed E-state index contributed by atoms with van der Waals surface area (Å²) in [5.74, 6) is -0.349. The average Bonchev–Trinajstić information content (AvgIpc) is 2.21. The van der Waals surface area contributed by atoms with Gasteiger partial charge in [-0.25, -0.2) is 8.60 Å². The van der Waals surface area contributed by atoms with Crippen molar-refractivity contribution in [1.82, 2.24) is 0 Å². The fourth-order valence-electron chi connectivity index (χ4n) is 1.21. The van der Waals surface area contributed by atoms with E-state index >= 15 is 0 Å². The van der Waals surface area contributed by atoms with E-state index < -0.39 is 11.3 Å². The van der Waals surface area contributed by atoms with E-state index in [2.05, 4.69) is 0 Å². The van der Waals surface area contributed by atoms with Crippen LogP contribution in [0.1, 0.15) is 19.8 Å². The first-order chi connectivity index (χ1) is 7.15. The van der Waals surface area contributed by atoms with E-state index in [1.54, 1.807) is 0 Å². The van der Waals surface area contributed by atoms with Crippen LogP contribution in [0.15, 0.2) is 24.3 Å². The van der Waals surface area contributed by atoms with Crippen LogP contribution in [0.25, 0.3) is 0 Å². The van der Waals surface area contributed by atoms with Gasteiger partial charge in [0.25, 0.3) is 11.3 Å². The molecule has 0 bridgehead atoms. The number of halogens is 1. The van der Waals surface area contributed by atoms with Gasteiger partial charge in [-0.1, -0.05) is 13.3 Å². The molecular formula is C10H14FNO2S. The van der Waals surface area contributed by atoms with E-state index in [0.717, 1.165) is 12.8 Å². The van der Waals surface area contributed by atoms with Crippen molar-refractivity contribution < 1.29 is 13.2 Å². The maximum absolute atomic E-state index is 12.6. The standard InChI is InChI=1S/C10H14FNO2S/c1-2-3-8-12(15(13)14)10-6-4-9(11)5-7-10/h4-7H,2-3,8H2,1H3,(H,13,14). The van der Waals surface area contributed by atoms with E-state index in [1.807, 2.05) is 6.92 Å². The molecule has 0 spiro atoms. The molecule has 1 aromatic carbocycles. The van der Waals surface area contributed by atoms with Crippen molar-refractivity contribution in [1.29, 1.82) is 0 Å². The average molecular weight is 231 g/mol. The minimum absolute atomic E-state index is 0.349. The Morgan fingerprint density at radius 2 is 2.00 bits per heavy atom. The molecule has 0 aliphatic carbocycles. The SMILES string of the molecule is CCCCN(c1ccc(F)cc1)S(=O)O. The Kier molecular flexibility index (Phi) is 4.71. The van der Waals surface area contributed by atoms with Gasteiger partial charge < -0.3 is 0 Å². The smallest absolute Gasteiger partial charge is 0.261 e. The molecule has 1 aromatic rings. The van der Waals surface area contributed by atoms with Crippen molar-refractivity contribution in [2.45, 2.75) is 19.8 Å². The summed E-state index contributed by atoms with van der Waals surface area (Å²) in [6.45, 7) is 2.49. The molecule has 3 nitrogen and oxygen atoms in total. The molecular weight excluding hydrogens is 217 g/mol. The molecule has 0 aliphatic rings. The van der Waals surface area contributed by atoms with Gasteiger partial charge in [-0.2, -0.15) is 0 Å². The first kappa shape index (κ1) is 12.1. The number of hydrogen-bond acceptors (Lipinski definition) is 1. The predicted octanol–water partition coefficient (Wildman–Crippen LogP) is 2.57. The van der Waals surface area contributed by atoms with E-state index in [1.165, 1.54) is 28.6 Å². The maximum Gasteiger partial charge on any atom is 0.261 e. The van der Waals surface area contributed by atoms with Gasteiger partial charge in [-0.3, -0.25) is 8.86 Å². The molecule has 0 fully saturated rings. The summed E-state index contributed by atoms with van der Waals surface area (Å²) in [5.41, 5.74) is 0.561. The number of rotatable bonds is 5. The summed E-state index contributed by atoms with van der Waals surface area (Å²) in [6, 6.07) is 5.56. The fraction of sp³-hybridized carbons (Fsp3) is 0.400. The monoisotopic (exact) mass is 231 g/mol. The first-order valence-corrected chi connectivity index (χ1v) is 5.85. The van der Waals surface area contributed by atoms with Gasteiger partial charge in [0.15, 0.2) is 0 Å². The van der Waals surface area contributed by atoms with Crippen molar-refractivity contribution in [2.75, 3.05) is 10.8 Å². The molecule has 84 valence electrons. The lowest BCUT2D eigenvalue weighted by atomic mass is 10.3. The van der Waals surface area contributed by atoms with Crippen molar-refractivity contribution in [3.63, 3.8) is 0 Å². The van der Waals surface area contributed by atoms with Gasteiger partial charge in [-0.05, 0) is 30.7 Å². The van der Waals surface area contributed by atoms with Crippen molar-refractivity contribution >= 4 is 17.0 Å². The van der Waals surface area contributed by atoms with Crippen LogP contribution < -0.4 is 4.31 Å². The second kappa shape index (κ2) is 5.82.